The zero-order valence-electron chi connectivity index (χ0n) is 26.4. The zero-order valence-corrected chi connectivity index (χ0v) is 26.4. The Morgan fingerprint density at radius 1 is 0.347 bits per heavy atom. The standard InChI is InChI=1S/C46H27NO2/c1-2-12-29(13-3-1)47-39-20-10-8-14-30(39)37-26-28(22-24-40(37)47)44-32-16-4-6-18-34(32)45(35-19-7-5-17-33(35)44)43-27-38-42(48-43)25-23-36-31-15-9-11-21-41(31)49-46(36)38/h1-27H. The molecular weight excluding hydrogens is 599 g/mol. The summed E-state index contributed by atoms with van der Waals surface area (Å²) in [5.41, 5.74) is 9.64. The maximum absolute atomic E-state index is 6.71. The highest BCUT2D eigenvalue weighted by molar-refractivity contribution is 6.23. The van der Waals surface area contributed by atoms with Crippen molar-refractivity contribution in [2.24, 2.45) is 0 Å². The number of nitrogens with zero attached hydrogens (tertiary/aromatic N) is 1. The van der Waals surface area contributed by atoms with Gasteiger partial charge in [0.15, 0.2) is 0 Å². The lowest BCUT2D eigenvalue weighted by molar-refractivity contribution is 0.632. The number of benzene rings is 8. The number of aromatic nitrogens is 1. The maximum Gasteiger partial charge on any atom is 0.146 e. The predicted molar refractivity (Wildman–Crippen MR) is 204 cm³/mol. The van der Waals surface area contributed by atoms with Gasteiger partial charge in [0.05, 0.1) is 16.4 Å². The van der Waals surface area contributed by atoms with Gasteiger partial charge in [0.25, 0.3) is 0 Å². The summed E-state index contributed by atoms with van der Waals surface area (Å²) in [5, 5.41) is 10.4. The van der Waals surface area contributed by atoms with Gasteiger partial charge in [0, 0.05) is 32.8 Å². The van der Waals surface area contributed by atoms with Crippen LogP contribution in [-0.4, -0.2) is 4.57 Å². The summed E-state index contributed by atoms with van der Waals surface area (Å²) in [5.74, 6) is 0.836. The van der Waals surface area contributed by atoms with Crippen molar-refractivity contribution in [1.29, 1.82) is 0 Å². The van der Waals surface area contributed by atoms with Crippen molar-refractivity contribution in [2.45, 2.75) is 0 Å². The van der Waals surface area contributed by atoms with Gasteiger partial charge in [-0.15, -0.1) is 0 Å². The van der Waals surface area contributed by atoms with E-state index in [1.165, 1.54) is 43.7 Å². The van der Waals surface area contributed by atoms with Crippen molar-refractivity contribution in [3.05, 3.63) is 164 Å². The topological polar surface area (TPSA) is 31.2 Å². The van der Waals surface area contributed by atoms with E-state index in [0.717, 1.165) is 60.7 Å². The van der Waals surface area contributed by atoms with Crippen molar-refractivity contribution < 1.29 is 8.83 Å². The van der Waals surface area contributed by atoms with Gasteiger partial charge in [-0.2, -0.15) is 0 Å². The lowest BCUT2D eigenvalue weighted by Crippen LogP contribution is -1.93. The Labute approximate surface area is 280 Å². The first-order chi connectivity index (χ1) is 24.3. The van der Waals surface area contributed by atoms with Crippen molar-refractivity contribution in [1.82, 2.24) is 4.57 Å². The number of fused-ring (bicyclic) bond motifs is 10. The Hall–Kier alpha value is -6.58. The third-order valence-corrected chi connectivity index (χ3v) is 10.2. The number of para-hydroxylation sites is 3. The molecular formula is C46H27NO2. The second-order valence-electron chi connectivity index (χ2n) is 12.8. The quantitative estimate of drug-likeness (QED) is 0.183. The third-order valence-electron chi connectivity index (χ3n) is 10.2. The molecule has 0 aliphatic heterocycles. The van der Waals surface area contributed by atoms with Crippen LogP contribution in [0.1, 0.15) is 0 Å². The van der Waals surface area contributed by atoms with E-state index in [2.05, 4.69) is 156 Å². The molecule has 0 N–H and O–H groups in total. The summed E-state index contributed by atoms with van der Waals surface area (Å²) in [6, 6.07) is 58.3. The number of furan rings is 2. The average molecular weight is 626 g/mol. The van der Waals surface area contributed by atoms with Crippen molar-refractivity contribution in [3.8, 4) is 28.1 Å². The van der Waals surface area contributed by atoms with Crippen LogP contribution in [0.25, 0.3) is 104 Å². The first kappa shape index (κ1) is 26.5. The van der Waals surface area contributed by atoms with E-state index in [0.29, 0.717) is 0 Å². The van der Waals surface area contributed by atoms with E-state index >= 15 is 0 Å². The van der Waals surface area contributed by atoms with Crippen molar-refractivity contribution in [2.75, 3.05) is 0 Å². The number of rotatable bonds is 3. The Morgan fingerprint density at radius 3 is 1.69 bits per heavy atom. The van der Waals surface area contributed by atoms with Gasteiger partial charge in [0.1, 0.15) is 22.5 Å². The van der Waals surface area contributed by atoms with Gasteiger partial charge in [-0.3, -0.25) is 0 Å². The van der Waals surface area contributed by atoms with Crippen LogP contribution >= 0.6 is 0 Å². The Kier molecular flexibility index (Phi) is 5.38. The van der Waals surface area contributed by atoms with Crippen molar-refractivity contribution in [3.63, 3.8) is 0 Å². The fraction of sp³-hybridized carbons (Fsp3) is 0. The van der Waals surface area contributed by atoms with Gasteiger partial charge in [-0.1, -0.05) is 109 Å². The summed E-state index contributed by atoms with van der Waals surface area (Å²) in [6.07, 6.45) is 0. The van der Waals surface area contributed by atoms with E-state index in [1.807, 2.05) is 12.1 Å². The fourth-order valence-electron chi connectivity index (χ4n) is 8.11. The fourth-order valence-corrected chi connectivity index (χ4v) is 8.11. The largest absolute Gasteiger partial charge is 0.456 e. The average Bonchev–Trinajstić information content (AvgIpc) is 3.86. The molecule has 3 heterocycles. The molecule has 0 saturated heterocycles. The molecule has 228 valence electrons. The molecule has 0 saturated carbocycles. The summed E-state index contributed by atoms with van der Waals surface area (Å²) in [6.45, 7) is 0. The smallest absolute Gasteiger partial charge is 0.146 e. The molecule has 0 radical (unpaired) electrons. The number of hydrogen-bond acceptors (Lipinski definition) is 2. The van der Waals surface area contributed by atoms with Gasteiger partial charge in [-0.05, 0) is 87.3 Å². The minimum Gasteiger partial charge on any atom is -0.456 e. The Morgan fingerprint density at radius 2 is 0.939 bits per heavy atom. The summed E-state index contributed by atoms with van der Waals surface area (Å²) in [7, 11) is 0. The highest BCUT2D eigenvalue weighted by Gasteiger charge is 2.22. The van der Waals surface area contributed by atoms with Crippen LogP contribution in [0.15, 0.2) is 173 Å². The van der Waals surface area contributed by atoms with Gasteiger partial charge < -0.3 is 13.4 Å². The third kappa shape index (κ3) is 3.73. The van der Waals surface area contributed by atoms with Crippen LogP contribution < -0.4 is 0 Å². The van der Waals surface area contributed by atoms with Crippen LogP contribution in [0, 0.1) is 0 Å². The summed E-state index contributed by atoms with van der Waals surface area (Å²) >= 11 is 0. The summed E-state index contributed by atoms with van der Waals surface area (Å²) in [4.78, 5) is 0. The molecule has 0 aliphatic rings. The molecule has 0 bridgehead atoms. The monoisotopic (exact) mass is 625 g/mol. The SMILES string of the molecule is c1ccc(-n2c3ccccc3c3cc(-c4c5ccccc5c(-c5cc6c(ccc7c8ccccc8oc67)o5)c5ccccc45)ccc32)cc1. The normalized spacial score (nSPS) is 12.1. The van der Waals surface area contributed by atoms with Gasteiger partial charge in [-0.25, -0.2) is 0 Å². The molecule has 0 fully saturated rings. The first-order valence-corrected chi connectivity index (χ1v) is 16.7. The van der Waals surface area contributed by atoms with Crippen LogP contribution in [0.3, 0.4) is 0 Å². The predicted octanol–water partition coefficient (Wildman–Crippen LogP) is 13.1. The van der Waals surface area contributed by atoms with Crippen molar-refractivity contribution >= 4 is 76.3 Å². The second-order valence-corrected chi connectivity index (χ2v) is 12.8. The van der Waals surface area contributed by atoms with E-state index in [4.69, 9.17) is 8.83 Å². The molecule has 0 aliphatic carbocycles. The minimum absolute atomic E-state index is 0.819. The molecule has 3 nitrogen and oxygen atoms in total. The van der Waals surface area contributed by atoms with E-state index in [9.17, 15) is 0 Å². The van der Waals surface area contributed by atoms with Crippen LogP contribution in [0.4, 0.5) is 0 Å². The van der Waals surface area contributed by atoms with Gasteiger partial charge >= 0.3 is 0 Å². The molecule has 3 heteroatoms. The maximum atomic E-state index is 6.71. The van der Waals surface area contributed by atoms with Crippen LogP contribution in [0.5, 0.6) is 0 Å². The lowest BCUT2D eigenvalue weighted by Gasteiger charge is -2.16. The van der Waals surface area contributed by atoms with Crippen LogP contribution in [-0.2, 0) is 0 Å². The molecule has 0 atom stereocenters. The molecule has 3 aromatic heterocycles. The van der Waals surface area contributed by atoms with Gasteiger partial charge in [0.2, 0.25) is 0 Å². The summed E-state index contributed by atoms with van der Waals surface area (Å²) < 4.78 is 15.5. The highest BCUT2D eigenvalue weighted by atomic mass is 16.3. The molecule has 11 aromatic rings. The molecule has 49 heavy (non-hydrogen) atoms. The van der Waals surface area contributed by atoms with E-state index in [1.54, 1.807) is 0 Å². The molecule has 11 rings (SSSR count). The molecule has 0 spiro atoms. The second kappa shape index (κ2) is 9.96. The molecule has 0 amide bonds. The van der Waals surface area contributed by atoms with Crippen LogP contribution in [0.2, 0.25) is 0 Å². The lowest BCUT2D eigenvalue weighted by atomic mass is 9.87. The molecule has 8 aromatic carbocycles. The first-order valence-electron chi connectivity index (χ1n) is 16.7. The Bertz CT molecular complexity index is 3050. The highest BCUT2D eigenvalue weighted by Crippen LogP contribution is 2.47. The Balaban J connectivity index is 1.19. The van der Waals surface area contributed by atoms with E-state index in [-0.39, 0.29) is 0 Å². The number of hydrogen-bond donors (Lipinski definition) is 0. The molecule has 0 unspecified atom stereocenters. The minimum atomic E-state index is 0.819. The zero-order chi connectivity index (χ0) is 32.1. The van der Waals surface area contributed by atoms with E-state index < -0.39 is 0 Å².